The summed E-state index contributed by atoms with van der Waals surface area (Å²) in [5.41, 5.74) is 0.669. The number of rotatable bonds is 2. The molecule has 20 heavy (non-hydrogen) atoms. The van der Waals surface area contributed by atoms with E-state index >= 15 is 0 Å². The summed E-state index contributed by atoms with van der Waals surface area (Å²) in [5.74, 6) is 0.598. The minimum absolute atomic E-state index is 0.392. The molecule has 1 fully saturated rings. The summed E-state index contributed by atoms with van der Waals surface area (Å²) in [4.78, 5) is 17.7. The molecule has 1 atom stereocenters. The fraction of sp³-hybridized carbons (Fsp3) is 0.600. The number of carbonyl (C=O) groups excluding carboxylic acids is 1. The summed E-state index contributed by atoms with van der Waals surface area (Å²) in [6, 6.07) is 4.27. The van der Waals surface area contributed by atoms with Crippen LogP contribution < -0.4 is 10.2 Å². The average Bonchev–Trinajstić information content (AvgIpc) is 2.90. The molecule has 1 aromatic heterocycles. The highest BCUT2D eigenvalue weighted by molar-refractivity contribution is 5.85. The van der Waals surface area contributed by atoms with E-state index < -0.39 is 11.7 Å². The van der Waals surface area contributed by atoms with Crippen LogP contribution in [0.2, 0.25) is 0 Å². The van der Waals surface area contributed by atoms with E-state index in [1.165, 1.54) is 16.9 Å². The molecule has 1 aliphatic rings. The molecular formula is C15H23N3O2. The topological polar surface area (TPSA) is 54.5 Å². The molecule has 1 saturated heterocycles. The van der Waals surface area contributed by atoms with Crippen molar-refractivity contribution in [2.75, 3.05) is 18.5 Å². The number of aromatic nitrogens is 1. The minimum Gasteiger partial charge on any atom is -0.443 e. The first-order valence-electron chi connectivity index (χ1n) is 7.03. The lowest BCUT2D eigenvalue weighted by molar-refractivity contribution is 0.0588. The molecule has 0 unspecified atom stereocenters. The van der Waals surface area contributed by atoms with Gasteiger partial charge < -0.3 is 10.1 Å². The molecule has 0 spiro atoms. The van der Waals surface area contributed by atoms with Gasteiger partial charge in [-0.3, -0.25) is 4.90 Å². The lowest BCUT2D eigenvalue weighted by Gasteiger charge is -2.24. The van der Waals surface area contributed by atoms with Gasteiger partial charge in [0.2, 0.25) is 0 Å². The van der Waals surface area contributed by atoms with E-state index in [2.05, 4.69) is 10.3 Å². The Hall–Kier alpha value is -1.62. The molecular weight excluding hydrogens is 254 g/mol. The molecule has 0 aromatic carbocycles. The second-order valence-corrected chi connectivity index (χ2v) is 6.14. The van der Waals surface area contributed by atoms with Crippen molar-refractivity contribution in [2.24, 2.45) is 0 Å². The van der Waals surface area contributed by atoms with Crippen LogP contribution in [-0.4, -0.2) is 30.3 Å². The van der Waals surface area contributed by atoms with E-state index in [9.17, 15) is 4.79 Å². The van der Waals surface area contributed by atoms with Gasteiger partial charge in [-0.05, 0) is 51.8 Å². The maximum Gasteiger partial charge on any atom is 0.415 e. The number of pyridine rings is 1. The average molecular weight is 277 g/mol. The summed E-state index contributed by atoms with van der Waals surface area (Å²) in [7, 11) is 1.67. The van der Waals surface area contributed by atoms with Crippen LogP contribution in [0.15, 0.2) is 18.3 Å². The van der Waals surface area contributed by atoms with Gasteiger partial charge in [-0.15, -0.1) is 0 Å². The van der Waals surface area contributed by atoms with Crippen molar-refractivity contribution in [2.45, 2.75) is 45.3 Å². The summed E-state index contributed by atoms with van der Waals surface area (Å²) >= 11 is 0. The molecule has 1 aliphatic heterocycles. The predicted molar refractivity (Wildman–Crippen MR) is 78.9 cm³/mol. The van der Waals surface area contributed by atoms with Crippen LogP contribution in [0.25, 0.3) is 0 Å². The van der Waals surface area contributed by atoms with Crippen molar-refractivity contribution in [3.63, 3.8) is 0 Å². The van der Waals surface area contributed by atoms with Gasteiger partial charge in [-0.1, -0.05) is 6.07 Å². The van der Waals surface area contributed by atoms with Crippen LogP contribution >= 0.6 is 0 Å². The van der Waals surface area contributed by atoms with Crippen LogP contribution in [0.1, 0.15) is 45.2 Å². The largest absolute Gasteiger partial charge is 0.443 e. The lowest BCUT2D eigenvalue weighted by atomic mass is 10.1. The first-order valence-corrected chi connectivity index (χ1v) is 7.03. The van der Waals surface area contributed by atoms with Gasteiger partial charge in [-0.2, -0.15) is 0 Å². The Morgan fingerprint density at radius 2 is 2.20 bits per heavy atom. The third-order valence-electron chi connectivity index (χ3n) is 3.24. The molecule has 2 rings (SSSR count). The van der Waals surface area contributed by atoms with Gasteiger partial charge in [0.1, 0.15) is 11.4 Å². The molecule has 0 radical (unpaired) electrons. The summed E-state index contributed by atoms with van der Waals surface area (Å²) in [5, 5.41) is 3.43. The van der Waals surface area contributed by atoms with Gasteiger partial charge in [0, 0.05) is 19.3 Å². The highest BCUT2D eigenvalue weighted by atomic mass is 16.6. The van der Waals surface area contributed by atoms with Crippen molar-refractivity contribution >= 4 is 11.9 Å². The molecule has 1 amide bonds. The Balaban J connectivity index is 2.03. The number of amides is 1. The van der Waals surface area contributed by atoms with Crippen LogP contribution in [0.3, 0.4) is 0 Å². The summed E-state index contributed by atoms with van der Waals surface area (Å²) < 4.78 is 5.32. The molecule has 1 N–H and O–H groups in total. The maximum absolute atomic E-state index is 12.0. The SMILES string of the molecule is CN(C(=O)OC(C)(C)C)c1ccc([C@H]2CCCN2)cn1. The van der Waals surface area contributed by atoms with Gasteiger partial charge >= 0.3 is 6.09 Å². The smallest absolute Gasteiger partial charge is 0.415 e. The van der Waals surface area contributed by atoms with Gasteiger partial charge in [0.25, 0.3) is 0 Å². The molecule has 2 heterocycles. The Bertz CT molecular complexity index is 459. The monoisotopic (exact) mass is 277 g/mol. The number of hydrogen-bond donors (Lipinski definition) is 1. The normalized spacial score (nSPS) is 18.9. The molecule has 5 nitrogen and oxygen atoms in total. The standard InChI is InChI=1S/C15H23N3O2/c1-15(2,3)20-14(19)18(4)13-8-7-11(10-17-13)12-6-5-9-16-12/h7-8,10,12,16H,5-6,9H2,1-4H3/t12-/m1/s1. The first-order chi connectivity index (χ1) is 9.37. The molecule has 5 heteroatoms. The van der Waals surface area contributed by atoms with Crippen LogP contribution in [0.4, 0.5) is 10.6 Å². The minimum atomic E-state index is -0.501. The van der Waals surface area contributed by atoms with E-state index in [0.717, 1.165) is 13.0 Å². The van der Waals surface area contributed by atoms with Crippen molar-refractivity contribution in [3.05, 3.63) is 23.9 Å². The maximum atomic E-state index is 12.0. The van der Waals surface area contributed by atoms with Crippen LogP contribution in [-0.2, 0) is 4.74 Å². The third-order valence-corrected chi connectivity index (χ3v) is 3.24. The molecule has 1 aromatic rings. The number of nitrogens with zero attached hydrogens (tertiary/aromatic N) is 2. The third kappa shape index (κ3) is 3.70. The zero-order valence-electron chi connectivity index (χ0n) is 12.6. The fourth-order valence-corrected chi connectivity index (χ4v) is 2.20. The Labute approximate surface area is 120 Å². The Morgan fingerprint density at radius 1 is 1.45 bits per heavy atom. The van der Waals surface area contributed by atoms with Crippen LogP contribution in [0, 0.1) is 0 Å². The van der Waals surface area contributed by atoms with Gasteiger partial charge in [0.05, 0.1) is 0 Å². The number of ether oxygens (including phenoxy) is 1. The number of anilines is 1. The van der Waals surface area contributed by atoms with Crippen molar-refractivity contribution in [3.8, 4) is 0 Å². The second kappa shape index (κ2) is 5.79. The Morgan fingerprint density at radius 3 is 2.70 bits per heavy atom. The molecule has 0 bridgehead atoms. The number of nitrogens with one attached hydrogen (secondary N) is 1. The summed E-state index contributed by atoms with van der Waals surface area (Å²) in [6.07, 6.45) is 3.78. The van der Waals surface area contributed by atoms with E-state index in [1.807, 2.05) is 39.1 Å². The predicted octanol–water partition coefficient (Wildman–Crippen LogP) is 2.88. The number of hydrogen-bond acceptors (Lipinski definition) is 4. The van der Waals surface area contributed by atoms with Crippen LogP contribution in [0.5, 0.6) is 0 Å². The van der Waals surface area contributed by atoms with E-state index in [4.69, 9.17) is 4.74 Å². The zero-order valence-corrected chi connectivity index (χ0v) is 12.6. The van der Waals surface area contributed by atoms with Crippen molar-refractivity contribution in [1.29, 1.82) is 0 Å². The van der Waals surface area contributed by atoms with Gasteiger partial charge in [-0.25, -0.2) is 9.78 Å². The second-order valence-electron chi connectivity index (χ2n) is 6.14. The quantitative estimate of drug-likeness (QED) is 0.903. The molecule has 110 valence electrons. The van der Waals surface area contributed by atoms with E-state index in [-0.39, 0.29) is 0 Å². The zero-order chi connectivity index (χ0) is 14.8. The van der Waals surface area contributed by atoms with E-state index in [1.54, 1.807) is 7.05 Å². The lowest BCUT2D eigenvalue weighted by Crippen LogP contribution is -2.34. The first kappa shape index (κ1) is 14.8. The number of carbonyl (C=O) groups is 1. The highest BCUT2D eigenvalue weighted by Crippen LogP contribution is 2.23. The highest BCUT2D eigenvalue weighted by Gasteiger charge is 2.22. The molecule has 0 aliphatic carbocycles. The fourth-order valence-electron chi connectivity index (χ4n) is 2.20. The van der Waals surface area contributed by atoms with Gasteiger partial charge in [0.15, 0.2) is 0 Å². The van der Waals surface area contributed by atoms with Crippen molar-refractivity contribution in [1.82, 2.24) is 10.3 Å². The van der Waals surface area contributed by atoms with E-state index in [0.29, 0.717) is 11.9 Å². The Kier molecular flexibility index (Phi) is 4.28. The molecule has 0 saturated carbocycles. The van der Waals surface area contributed by atoms with Crippen molar-refractivity contribution < 1.29 is 9.53 Å². The summed E-state index contributed by atoms with van der Waals surface area (Å²) in [6.45, 7) is 6.60.